The smallest absolute Gasteiger partial charge is 0.241 e. The van der Waals surface area contributed by atoms with Crippen molar-refractivity contribution in [2.24, 2.45) is 12.0 Å². The minimum atomic E-state index is 0.00348. The van der Waals surface area contributed by atoms with E-state index in [0.29, 0.717) is 18.5 Å². The molecular formula is C20H37N7O2. The van der Waals surface area contributed by atoms with Gasteiger partial charge in [0.1, 0.15) is 0 Å². The van der Waals surface area contributed by atoms with Crippen molar-refractivity contribution in [1.29, 1.82) is 0 Å². The number of aromatic nitrogens is 2. The van der Waals surface area contributed by atoms with Crippen molar-refractivity contribution >= 4 is 11.9 Å². The number of nitrogens with one attached hydrogen (secondary N) is 2. The minimum Gasteiger partial charge on any atom is -0.481 e. The van der Waals surface area contributed by atoms with E-state index < -0.39 is 0 Å². The Morgan fingerprint density at radius 3 is 2.72 bits per heavy atom. The van der Waals surface area contributed by atoms with Gasteiger partial charge in [-0.05, 0) is 32.4 Å². The van der Waals surface area contributed by atoms with Crippen LogP contribution in [0.2, 0.25) is 0 Å². The first-order valence-corrected chi connectivity index (χ1v) is 10.5. The van der Waals surface area contributed by atoms with Crippen molar-refractivity contribution in [2.75, 3.05) is 47.4 Å². The van der Waals surface area contributed by atoms with E-state index in [9.17, 15) is 4.79 Å². The van der Waals surface area contributed by atoms with Crippen LogP contribution in [0, 0.1) is 0 Å². The number of hydrogen-bond donors (Lipinski definition) is 2. The summed E-state index contributed by atoms with van der Waals surface area (Å²) in [6.07, 6.45) is 3.22. The quantitative estimate of drug-likeness (QED) is 0.460. The lowest BCUT2D eigenvalue weighted by Gasteiger charge is -2.24. The Morgan fingerprint density at radius 1 is 1.34 bits per heavy atom. The van der Waals surface area contributed by atoms with Gasteiger partial charge in [-0.15, -0.1) is 0 Å². The molecule has 2 rings (SSSR count). The third-order valence-electron chi connectivity index (χ3n) is 5.41. The number of nitrogens with zero attached hydrogens (tertiary/aromatic N) is 5. The topological polar surface area (TPSA) is 87.0 Å². The highest BCUT2D eigenvalue weighted by atomic mass is 16.5. The zero-order chi connectivity index (χ0) is 21.4. The Hall–Kier alpha value is -2.29. The van der Waals surface area contributed by atoms with Gasteiger partial charge in [-0.3, -0.25) is 9.69 Å². The molecule has 1 aliphatic rings. The molecule has 1 saturated heterocycles. The van der Waals surface area contributed by atoms with Crippen molar-refractivity contribution in [3.8, 4) is 5.88 Å². The Balaban J connectivity index is 2.12. The summed E-state index contributed by atoms with van der Waals surface area (Å²) in [5.41, 5.74) is 1.96. The van der Waals surface area contributed by atoms with Gasteiger partial charge >= 0.3 is 0 Å². The first-order valence-electron chi connectivity index (χ1n) is 10.5. The first kappa shape index (κ1) is 23.0. The third kappa shape index (κ3) is 6.09. The SMILES string of the molecule is CCc1nn(C)c(OC)c1CN=C(NCC(=O)N(C)C)NCC1CCCN1CC. The van der Waals surface area contributed by atoms with E-state index in [1.807, 2.05) is 7.05 Å². The number of rotatable bonds is 9. The van der Waals surface area contributed by atoms with Crippen molar-refractivity contribution in [3.63, 3.8) is 0 Å². The molecule has 1 fully saturated rings. The average molecular weight is 408 g/mol. The van der Waals surface area contributed by atoms with Crippen LogP contribution in [0.15, 0.2) is 4.99 Å². The summed E-state index contributed by atoms with van der Waals surface area (Å²) in [4.78, 5) is 20.8. The highest BCUT2D eigenvalue weighted by Crippen LogP contribution is 2.23. The van der Waals surface area contributed by atoms with Crippen LogP contribution in [0.1, 0.15) is 37.9 Å². The van der Waals surface area contributed by atoms with Gasteiger partial charge in [0, 0.05) is 33.7 Å². The number of aliphatic imine (C=N–C) groups is 1. The lowest BCUT2D eigenvalue weighted by atomic mass is 10.2. The third-order valence-corrected chi connectivity index (χ3v) is 5.41. The van der Waals surface area contributed by atoms with Crippen molar-refractivity contribution in [2.45, 2.75) is 45.7 Å². The minimum absolute atomic E-state index is 0.00348. The van der Waals surface area contributed by atoms with Gasteiger partial charge in [0.25, 0.3) is 0 Å². The van der Waals surface area contributed by atoms with E-state index in [1.54, 1.807) is 30.8 Å². The van der Waals surface area contributed by atoms with E-state index in [-0.39, 0.29) is 12.5 Å². The second kappa shape index (κ2) is 11.0. The van der Waals surface area contributed by atoms with Crippen LogP contribution >= 0.6 is 0 Å². The largest absolute Gasteiger partial charge is 0.481 e. The number of hydrogen-bond acceptors (Lipinski definition) is 5. The van der Waals surface area contributed by atoms with Crippen LogP contribution < -0.4 is 15.4 Å². The summed E-state index contributed by atoms with van der Waals surface area (Å²) in [6, 6.07) is 0.496. The van der Waals surface area contributed by atoms with Crippen LogP contribution in [0.4, 0.5) is 0 Å². The molecule has 9 heteroatoms. The van der Waals surface area contributed by atoms with Gasteiger partial charge in [-0.2, -0.15) is 5.10 Å². The number of amides is 1. The number of likely N-dealkylation sites (tertiary alicyclic amines) is 1. The Bertz CT molecular complexity index is 699. The predicted molar refractivity (Wildman–Crippen MR) is 115 cm³/mol. The molecule has 0 spiro atoms. The van der Waals surface area contributed by atoms with Gasteiger partial charge < -0.3 is 20.3 Å². The van der Waals surface area contributed by atoms with E-state index in [1.165, 1.54) is 12.8 Å². The predicted octanol–water partition coefficient (Wildman–Crippen LogP) is 0.599. The zero-order valence-electron chi connectivity index (χ0n) is 18.8. The molecule has 164 valence electrons. The van der Waals surface area contributed by atoms with Gasteiger partial charge in [0.15, 0.2) is 5.96 Å². The summed E-state index contributed by atoms with van der Waals surface area (Å²) in [5, 5.41) is 11.1. The molecule has 0 bridgehead atoms. The second-order valence-electron chi connectivity index (χ2n) is 7.52. The first-order chi connectivity index (χ1) is 13.9. The van der Waals surface area contributed by atoms with Crippen molar-refractivity contribution in [3.05, 3.63) is 11.3 Å². The van der Waals surface area contributed by atoms with Gasteiger partial charge in [-0.1, -0.05) is 13.8 Å². The molecule has 29 heavy (non-hydrogen) atoms. The molecule has 1 aromatic heterocycles. The van der Waals surface area contributed by atoms with Gasteiger partial charge in [-0.25, -0.2) is 9.67 Å². The highest BCUT2D eigenvalue weighted by Gasteiger charge is 2.23. The molecule has 1 amide bonds. The summed E-state index contributed by atoms with van der Waals surface area (Å²) < 4.78 is 7.26. The van der Waals surface area contributed by atoms with E-state index in [0.717, 1.165) is 43.2 Å². The number of methoxy groups -OCH3 is 1. The molecule has 1 unspecified atom stereocenters. The van der Waals surface area contributed by atoms with Crippen molar-refractivity contribution in [1.82, 2.24) is 30.2 Å². The normalized spacial score (nSPS) is 17.4. The zero-order valence-corrected chi connectivity index (χ0v) is 18.8. The lowest BCUT2D eigenvalue weighted by molar-refractivity contribution is -0.127. The maximum atomic E-state index is 12.0. The van der Waals surface area contributed by atoms with E-state index in [4.69, 9.17) is 9.73 Å². The average Bonchev–Trinajstić information content (AvgIpc) is 3.29. The maximum Gasteiger partial charge on any atom is 0.241 e. The summed E-state index contributed by atoms with van der Waals surface area (Å²) in [7, 11) is 7.02. The molecule has 1 atom stereocenters. The molecule has 0 saturated carbocycles. The molecule has 0 aromatic carbocycles. The fraction of sp³-hybridized carbons (Fsp3) is 0.750. The Kier molecular flexibility index (Phi) is 8.75. The summed E-state index contributed by atoms with van der Waals surface area (Å²) >= 11 is 0. The maximum absolute atomic E-state index is 12.0. The summed E-state index contributed by atoms with van der Waals surface area (Å²) in [6.45, 7) is 7.91. The molecule has 0 aliphatic carbocycles. The number of likely N-dealkylation sites (N-methyl/N-ethyl adjacent to an activating group) is 2. The lowest BCUT2D eigenvalue weighted by Crippen LogP contribution is -2.47. The second-order valence-corrected chi connectivity index (χ2v) is 7.52. The molecular weight excluding hydrogens is 370 g/mol. The standard InChI is InChI=1S/C20H37N7O2/c1-7-17-16(19(29-6)26(5)24-17)13-22-20(23-14-18(28)25(3)4)21-12-15-10-9-11-27(15)8-2/h15H,7-14H2,1-6H3,(H2,21,22,23). The molecule has 2 heterocycles. The number of carbonyl (C=O) groups excluding carboxylic acids is 1. The highest BCUT2D eigenvalue weighted by molar-refractivity contribution is 5.86. The molecule has 0 radical (unpaired) electrons. The van der Waals surface area contributed by atoms with Gasteiger partial charge in [0.2, 0.25) is 11.8 Å². The summed E-state index contributed by atoms with van der Waals surface area (Å²) in [5.74, 6) is 1.36. The van der Waals surface area contributed by atoms with Crippen LogP contribution in [0.25, 0.3) is 0 Å². The van der Waals surface area contributed by atoms with E-state index in [2.05, 4.69) is 34.5 Å². The molecule has 2 N–H and O–H groups in total. The van der Waals surface area contributed by atoms with Crippen LogP contribution in [0.3, 0.4) is 0 Å². The van der Waals surface area contributed by atoms with Crippen molar-refractivity contribution < 1.29 is 9.53 Å². The monoisotopic (exact) mass is 407 g/mol. The van der Waals surface area contributed by atoms with Crippen LogP contribution in [0.5, 0.6) is 5.88 Å². The molecule has 1 aliphatic heterocycles. The number of aryl methyl sites for hydroxylation is 2. The fourth-order valence-corrected chi connectivity index (χ4v) is 3.71. The van der Waals surface area contributed by atoms with Crippen LogP contribution in [-0.4, -0.2) is 84.9 Å². The Morgan fingerprint density at radius 2 is 2.10 bits per heavy atom. The van der Waals surface area contributed by atoms with Crippen LogP contribution in [-0.2, 0) is 24.8 Å². The Labute approximate surface area is 174 Å². The van der Waals surface area contributed by atoms with Gasteiger partial charge in [0.05, 0.1) is 31.5 Å². The number of guanidine groups is 1. The van der Waals surface area contributed by atoms with E-state index >= 15 is 0 Å². The number of ether oxygens (including phenoxy) is 1. The fourth-order valence-electron chi connectivity index (χ4n) is 3.71. The number of carbonyl (C=O) groups is 1. The molecule has 9 nitrogen and oxygen atoms in total. The molecule has 1 aromatic rings.